The minimum Gasteiger partial charge on any atom is -0.444 e. The Morgan fingerprint density at radius 3 is 2.27 bits per heavy atom. The molecule has 2 rings (SSSR count). The van der Waals surface area contributed by atoms with Gasteiger partial charge in [0.2, 0.25) is 0 Å². The molecule has 0 heterocycles. The summed E-state index contributed by atoms with van der Waals surface area (Å²) in [5.41, 5.74) is 0.320. The minimum atomic E-state index is -3.68. The lowest BCUT2D eigenvalue weighted by atomic mass is 9.87. The van der Waals surface area contributed by atoms with Crippen molar-refractivity contribution in [1.29, 1.82) is 0 Å². The number of carbonyl (C=O) groups excluding carboxylic acids is 1. The first-order valence-electron chi connectivity index (χ1n) is 9.38. The van der Waals surface area contributed by atoms with Crippen molar-refractivity contribution in [3.05, 3.63) is 29.8 Å². The molecule has 1 aliphatic rings. The van der Waals surface area contributed by atoms with Gasteiger partial charge in [0, 0.05) is 0 Å². The first kappa shape index (κ1) is 20.7. The number of rotatable bonds is 5. The zero-order valence-electron chi connectivity index (χ0n) is 16.2. The molecule has 1 unspecified atom stereocenters. The Bertz CT molecular complexity index is 698. The van der Waals surface area contributed by atoms with Gasteiger partial charge in [-0.3, -0.25) is 0 Å². The van der Waals surface area contributed by atoms with Crippen molar-refractivity contribution in [3.63, 3.8) is 0 Å². The highest BCUT2D eigenvalue weighted by atomic mass is 32.2. The first-order valence-corrected chi connectivity index (χ1v) is 10.9. The molecule has 146 valence electrons. The predicted octanol–water partition coefficient (Wildman–Crippen LogP) is 4.59. The Labute approximate surface area is 157 Å². The van der Waals surface area contributed by atoms with Crippen LogP contribution in [-0.2, 0) is 14.6 Å². The van der Waals surface area contributed by atoms with Gasteiger partial charge in [0.1, 0.15) is 11.0 Å². The van der Waals surface area contributed by atoms with Crippen molar-refractivity contribution in [2.24, 2.45) is 5.92 Å². The number of sulfone groups is 1. The molecule has 0 saturated heterocycles. The van der Waals surface area contributed by atoms with E-state index in [1.165, 1.54) is 6.42 Å². The van der Waals surface area contributed by atoms with Crippen LogP contribution < -0.4 is 5.32 Å². The normalized spacial score (nSPS) is 17.5. The van der Waals surface area contributed by atoms with Gasteiger partial charge in [-0.1, -0.05) is 49.8 Å². The summed E-state index contributed by atoms with van der Waals surface area (Å²) in [6.45, 7) is 7.19. The van der Waals surface area contributed by atoms with Gasteiger partial charge < -0.3 is 10.1 Å². The fourth-order valence-electron chi connectivity index (χ4n) is 3.32. The van der Waals surface area contributed by atoms with E-state index in [9.17, 15) is 13.2 Å². The number of alkyl carbamates (subject to hydrolysis) is 1. The number of benzene rings is 1. The van der Waals surface area contributed by atoms with Crippen molar-refractivity contribution >= 4 is 15.9 Å². The Hall–Kier alpha value is -1.56. The van der Waals surface area contributed by atoms with Gasteiger partial charge >= 0.3 is 6.09 Å². The molecule has 6 heteroatoms. The smallest absolute Gasteiger partial charge is 0.408 e. The zero-order chi connectivity index (χ0) is 19.4. The van der Waals surface area contributed by atoms with Gasteiger partial charge in [-0.25, -0.2) is 13.2 Å². The summed E-state index contributed by atoms with van der Waals surface area (Å²) < 4.78 is 31.6. The van der Waals surface area contributed by atoms with E-state index in [1.54, 1.807) is 45.0 Å². The van der Waals surface area contributed by atoms with E-state index in [2.05, 4.69) is 5.32 Å². The molecule has 1 aliphatic carbocycles. The number of nitrogens with one attached hydrogen (secondary N) is 1. The molecule has 0 aliphatic heterocycles. The molecule has 1 aromatic carbocycles. The molecule has 1 aromatic rings. The molecule has 1 atom stereocenters. The van der Waals surface area contributed by atoms with E-state index in [4.69, 9.17) is 4.74 Å². The third-order valence-corrected chi connectivity index (χ3v) is 6.66. The maximum atomic E-state index is 13.1. The Kier molecular flexibility index (Phi) is 6.72. The second-order valence-corrected chi connectivity index (χ2v) is 10.4. The molecule has 1 saturated carbocycles. The lowest BCUT2D eigenvalue weighted by Crippen LogP contribution is -2.44. The molecule has 0 radical (unpaired) electrons. The Morgan fingerprint density at radius 2 is 1.73 bits per heavy atom. The molecule has 0 bridgehead atoms. The third-order valence-electron chi connectivity index (χ3n) is 4.67. The molecule has 26 heavy (non-hydrogen) atoms. The highest BCUT2D eigenvalue weighted by molar-refractivity contribution is 7.92. The standard InChI is InChI=1S/C20H31NO4S/c1-15-10-12-17(13-11-15)26(23,24)18(14-16-8-6-5-7-9-16)21-19(22)25-20(2,3)4/h10-13,16,18H,5-9,14H2,1-4H3,(H,21,22). The molecule has 1 amide bonds. The highest BCUT2D eigenvalue weighted by Gasteiger charge is 2.33. The SMILES string of the molecule is Cc1ccc(S(=O)(=O)C(CC2CCCCC2)NC(=O)OC(C)(C)C)cc1. The van der Waals surface area contributed by atoms with Crippen molar-refractivity contribution < 1.29 is 17.9 Å². The van der Waals surface area contributed by atoms with Crippen LogP contribution in [0.1, 0.15) is 64.9 Å². The molecule has 0 aromatic heterocycles. The maximum Gasteiger partial charge on any atom is 0.408 e. The van der Waals surface area contributed by atoms with E-state index < -0.39 is 26.9 Å². The lowest BCUT2D eigenvalue weighted by Gasteiger charge is -2.28. The number of ether oxygens (including phenoxy) is 1. The summed E-state index contributed by atoms with van der Waals surface area (Å²) in [5.74, 6) is 0.309. The van der Waals surface area contributed by atoms with Gasteiger partial charge in [-0.05, 0) is 52.2 Å². The third kappa shape index (κ3) is 6.01. The van der Waals surface area contributed by atoms with E-state index in [0.29, 0.717) is 12.3 Å². The highest BCUT2D eigenvalue weighted by Crippen LogP contribution is 2.30. The number of amides is 1. The topological polar surface area (TPSA) is 72.5 Å². The van der Waals surface area contributed by atoms with Crippen LogP contribution in [0.2, 0.25) is 0 Å². The summed E-state index contributed by atoms with van der Waals surface area (Å²) in [6, 6.07) is 6.76. The lowest BCUT2D eigenvalue weighted by molar-refractivity contribution is 0.0514. The molecule has 1 fully saturated rings. The monoisotopic (exact) mass is 381 g/mol. The van der Waals surface area contributed by atoms with Gasteiger partial charge in [0.05, 0.1) is 4.90 Å². The van der Waals surface area contributed by atoms with Crippen LogP contribution >= 0.6 is 0 Å². The van der Waals surface area contributed by atoms with Crippen LogP contribution in [0, 0.1) is 12.8 Å². The number of hydrogen-bond donors (Lipinski definition) is 1. The second-order valence-electron chi connectivity index (χ2n) is 8.23. The fourth-order valence-corrected chi connectivity index (χ4v) is 4.94. The summed E-state index contributed by atoms with van der Waals surface area (Å²) in [5, 5.41) is 1.66. The van der Waals surface area contributed by atoms with Crippen molar-refractivity contribution in [2.45, 2.75) is 82.1 Å². The fraction of sp³-hybridized carbons (Fsp3) is 0.650. The minimum absolute atomic E-state index is 0.236. The van der Waals surface area contributed by atoms with Crippen molar-refractivity contribution in [1.82, 2.24) is 5.32 Å². The van der Waals surface area contributed by atoms with Crippen LogP contribution in [-0.4, -0.2) is 25.5 Å². The summed E-state index contributed by atoms with van der Waals surface area (Å²) in [7, 11) is -3.68. The number of aryl methyl sites for hydroxylation is 1. The largest absolute Gasteiger partial charge is 0.444 e. The van der Waals surface area contributed by atoms with Crippen molar-refractivity contribution in [2.75, 3.05) is 0 Å². The quantitative estimate of drug-likeness (QED) is 0.809. The summed E-state index contributed by atoms with van der Waals surface area (Å²) in [4.78, 5) is 12.5. The Balaban J connectivity index is 2.23. The molecular weight excluding hydrogens is 350 g/mol. The second kappa shape index (κ2) is 8.42. The van der Waals surface area contributed by atoms with Crippen LogP contribution in [0.25, 0.3) is 0 Å². The average molecular weight is 382 g/mol. The van der Waals surface area contributed by atoms with Gasteiger partial charge in [0.15, 0.2) is 9.84 Å². The Morgan fingerprint density at radius 1 is 1.15 bits per heavy atom. The van der Waals surface area contributed by atoms with E-state index in [0.717, 1.165) is 31.2 Å². The van der Waals surface area contributed by atoms with Gasteiger partial charge in [-0.2, -0.15) is 0 Å². The average Bonchev–Trinajstić information content (AvgIpc) is 2.54. The van der Waals surface area contributed by atoms with Crippen LogP contribution in [0.3, 0.4) is 0 Å². The van der Waals surface area contributed by atoms with Crippen LogP contribution in [0.4, 0.5) is 4.79 Å². The van der Waals surface area contributed by atoms with Crippen molar-refractivity contribution in [3.8, 4) is 0 Å². The van der Waals surface area contributed by atoms with Crippen LogP contribution in [0.15, 0.2) is 29.2 Å². The summed E-state index contributed by atoms with van der Waals surface area (Å²) in [6.07, 6.45) is 5.20. The summed E-state index contributed by atoms with van der Waals surface area (Å²) >= 11 is 0. The van der Waals surface area contributed by atoms with E-state index in [1.807, 2.05) is 6.92 Å². The molecule has 1 N–H and O–H groups in total. The van der Waals surface area contributed by atoms with Gasteiger partial charge in [0.25, 0.3) is 0 Å². The van der Waals surface area contributed by atoms with Gasteiger partial charge in [-0.15, -0.1) is 0 Å². The molecule has 0 spiro atoms. The molecule has 5 nitrogen and oxygen atoms in total. The zero-order valence-corrected chi connectivity index (χ0v) is 17.1. The van der Waals surface area contributed by atoms with Crippen LogP contribution in [0.5, 0.6) is 0 Å². The maximum absolute atomic E-state index is 13.1. The number of hydrogen-bond acceptors (Lipinski definition) is 4. The van der Waals surface area contributed by atoms with E-state index >= 15 is 0 Å². The molecular formula is C20H31NO4S. The first-order chi connectivity index (χ1) is 12.1. The number of carbonyl (C=O) groups is 1. The van der Waals surface area contributed by atoms with E-state index in [-0.39, 0.29) is 4.90 Å². The predicted molar refractivity (Wildman–Crippen MR) is 103 cm³/mol.